The average molecular weight is 708 g/mol. The number of esters is 1. The second kappa shape index (κ2) is 15.8. The number of urea groups is 1. The molecule has 1 aliphatic heterocycles. The number of aliphatic hydroxyl groups is 1. The number of ether oxygens (including phenoxy) is 2. The van der Waals surface area contributed by atoms with Crippen LogP contribution in [-0.4, -0.2) is 109 Å². The minimum absolute atomic E-state index is 0.0422. The Labute approximate surface area is 282 Å². The zero-order valence-corrected chi connectivity index (χ0v) is 28.9. The lowest BCUT2D eigenvalue weighted by atomic mass is 10.2. The van der Waals surface area contributed by atoms with E-state index in [-0.39, 0.29) is 30.6 Å². The van der Waals surface area contributed by atoms with Crippen molar-refractivity contribution in [3.63, 3.8) is 0 Å². The first-order valence-corrected chi connectivity index (χ1v) is 17.6. The number of thiazole rings is 1. The molecule has 0 saturated heterocycles. The molecule has 1 aromatic carbocycles. The number of carbonyl (C=O) groups excluding carboxylic acids is 4. The number of H-pyrrole nitrogens is 1. The summed E-state index contributed by atoms with van der Waals surface area (Å²) in [5, 5.41) is 12.7. The normalized spacial score (nSPS) is 13.4. The second-order valence-corrected chi connectivity index (χ2v) is 14.8. The Morgan fingerprint density at radius 1 is 1.19 bits per heavy atom. The van der Waals surface area contributed by atoms with E-state index < -0.39 is 59.4 Å². The summed E-state index contributed by atoms with van der Waals surface area (Å²) in [6.45, 7) is 5.44. The number of sulfonamides is 1. The maximum absolute atomic E-state index is 13.5. The summed E-state index contributed by atoms with van der Waals surface area (Å²) in [4.78, 5) is 61.8. The van der Waals surface area contributed by atoms with Crippen molar-refractivity contribution in [2.45, 2.75) is 57.0 Å². The zero-order valence-electron chi connectivity index (χ0n) is 27.3. The summed E-state index contributed by atoms with van der Waals surface area (Å²) in [7, 11) is -4.01. The number of alkyl carbamates (subject to hydrolysis) is 1. The lowest BCUT2D eigenvalue weighted by Gasteiger charge is -2.34. The summed E-state index contributed by atoms with van der Waals surface area (Å²) in [5.41, 5.74) is 1.35. The molecule has 16 nitrogen and oxygen atoms in total. The molecule has 0 aliphatic carbocycles. The van der Waals surface area contributed by atoms with Gasteiger partial charge in [0, 0.05) is 30.9 Å². The van der Waals surface area contributed by atoms with Gasteiger partial charge >= 0.3 is 18.1 Å². The number of amides is 4. The number of hydrogen-bond donors (Lipinski definition) is 4. The molecule has 0 radical (unpaired) electrons. The first-order valence-electron chi connectivity index (χ1n) is 15.3. The van der Waals surface area contributed by atoms with Crippen molar-refractivity contribution < 1.29 is 42.2 Å². The van der Waals surface area contributed by atoms with Crippen molar-refractivity contribution in [2.24, 2.45) is 0 Å². The van der Waals surface area contributed by atoms with Crippen LogP contribution in [-0.2, 0) is 42.1 Å². The van der Waals surface area contributed by atoms with Gasteiger partial charge in [-0.2, -0.15) is 0 Å². The van der Waals surface area contributed by atoms with Crippen LogP contribution in [0.3, 0.4) is 0 Å². The Balaban J connectivity index is 1.38. The molecule has 4 rings (SSSR count). The number of para-hydroxylation sites is 1. The molecule has 4 amide bonds. The van der Waals surface area contributed by atoms with Crippen LogP contribution in [0, 0.1) is 0 Å². The van der Waals surface area contributed by atoms with E-state index in [2.05, 4.69) is 20.0 Å². The Morgan fingerprint density at radius 2 is 1.94 bits per heavy atom. The van der Waals surface area contributed by atoms with Gasteiger partial charge in [-0.25, -0.2) is 27.7 Å². The third kappa shape index (κ3) is 9.65. The van der Waals surface area contributed by atoms with Crippen LogP contribution in [0.5, 0.6) is 0 Å². The van der Waals surface area contributed by atoms with Gasteiger partial charge in [0.2, 0.25) is 10.2 Å². The molecule has 0 saturated carbocycles. The van der Waals surface area contributed by atoms with Crippen LogP contribution in [0.1, 0.15) is 45.4 Å². The predicted molar refractivity (Wildman–Crippen MR) is 177 cm³/mol. The zero-order chi connectivity index (χ0) is 35.1. The molecule has 0 unspecified atom stereocenters. The fourth-order valence-corrected chi connectivity index (χ4v) is 7.17. The van der Waals surface area contributed by atoms with Gasteiger partial charge in [0.15, 0.2) is 0 Å². The summed E-state index contributed by atoms with van der Waals surface area (Å²) in [5.74, 6) is -0.921. The minimum Gasteiger partial charge on any atom is -0.465 e. The van der Waals surface area contributed by atoms with Gasteiger partial charge in [-0.3, -0.25) is 14.5 Å². The standard InChI is InChI=1S/C30H41N7O9S2/c1-5-45-25(40)18-35(14-13-32-48(43,44)28-34-22-10-6-7-11-23(22)47-28)24(39)17-36-16-20-15-21(33-26(20)37(19-38)29(36)42)9-8-12-31-27(41)46-30(2,3)4/h6-7,10-11,15,32-33,38H,5,8-9,12-14,16-19H2,1-4H3,(H,31,41). The van der Waals surface area contributed by atoms with Gasteiger partial charge in [0.1, 0.15) is 31.2 Å². The van der Waals surface area contributed by atoms with E-state index in [1.54, 1.807) is 52.0 Å². The summed E-state index contributed by atoms with van der Waals surface area (Å²) in [6, 6.07) is 8.18. The third-order valence-corrected chi connectivity index (χ3v) is 9.85. The number of nitrogens with zero attached hydrogens (tertiary/aromatic N) is 4. The molecule has 3 heterocycles. The van der Waals surface area contributed by atoms with Crippen LogP contribution >= 0.6 is 11.3 Å². The summed E-state index contributed by atoms with van der Waals surface area (Å²) in [6.07, 6.45) is 0.572. The van der Waals surface area contributed by atoms with Crippen LogP contribution in [0.25, 0.3) is 10.2 Å². The van der Waals surface area contributed by atoms with E-state index in [4.69, 9.17) is 9.47 Å². The second-order valence-electron chi connectivity index (χ2n) is 11.9. The molecular weight excluding hydrogens is 667 g/mol. The molecule has 3 aromatic rings. The number of aromatic amines is 1. The van der Waals surface area contributed by atoms with Crippen molar-refractivity contribution in [3.05, 3.63) is 41.6 Å². The monoisotopic (exact) mass is 707 g/mol. The molecule has 0 fully saturated rings. The largest absolute Gasteiger partial charge is 0.465 e. The maximum Gasteiger partial charge on any atom is 0.407 e. The number of hydrogen-bond acceptors (Lipinski definition) is 11. The highest BCUT2D eigenvalue weighted by Crippen LogP contribution is 2.29. The number of benzene rings is 1. The molecule has 1 aliphatic rings. The van der Waals surface area contributed by atoms with E-state index in [9.17, 15) is 32.7 Å². The Kier molecular flexibility index (Phi) is 12.0. The van der Waals surface area contributed by atoms with E-state index in [0.29, 0.717) is 41.0 Å². The summed E-state index contributed by atoms with van der Waals surface area (Å²) >= 11 is 1.01. The SMILES string of the molecule is CCOC(=O)CN(CCNS(=O)(=O)c1nc2ccccc2s1)C(=O)CN1Cc2cc(CCCNC(=O)OC(C)(C)C)[nH]c2N(CO)C1=O. The van der Waals surface area contributed by atoms with Crippen LogP contribution in [0.15, 0.2) is 34.7 Å². The molecule has 4 N–H and O–H groups in total. The van der Waals surface area contributed by atoms with E-state index in [0.717, 1.165) is 26.8 Å². The number of aryl methyl sites for hydroxylation is 1. The number of aromatic nitrogens is 2. The quantitative estimate of drug-likeness (QED) is 0.134. The topological polar surface area (TPSA) is 204 Å². The van der Waals surface area contributed by atoms with Gasteiger partial charge in [-0.05, 0) is 58.7 Å². The molecule has 2 aromatic heterocycles. The third-order valence-electron chi connectivity index (χ3n) is 6.98. The van der Waals surface area contributed by atoms with Crippen LogP contribution in [0.4, 0.5) is 15.4 Å². The number of anilines is 1. The number of aliphatic hydroxyl groups excluding tert-OH is 1. The number of carbonyl (C=O) groups is 4. The highest BCUT2D eigenvalue weighted by atomic mass is 32.2. The fraction of sp³-hybridized carbons (Fsp3) is 0.500. The van der Waals surface area contributed by atoms with Crippen LogP contribution in [0.2, 0.25) is 0 Å². The Morgan fingerprint density at radius 3 is 2.62 bits per heavy atom. The first-order chi connectivity index (χ1) is 22.7. The van der Waals surface area contributed by atoms with Crippen molar-refractivity contribution in [3.8, 4) is 0 Å². The maximum atomic E-state index is 13.5. The van der Waals surface area contributed by atoms with Gasteiger partial charge in [-0.1, -0.05) is 12.1 Å². The lowest BCUT2D eigenvalue weighted by Crippen LogP contribution is -2.52. The average Bonchev–Trinajstić information content (AvgIpc) is 3.63. The summed E-state index contributed by atoms with van der Waals surface area (Å²) < 4.78 is 39.1. The highest BCUT2D eigenvalue weighted by Gasteiger charge is 2.34. The first kappa shape index (κ1) is 36.6. The minimum atomic E-state index is -4.01. The predicted octanol–water partition coefficient (Wildman–Crippen LogP) is 2.14. The number of nitrogens with one attached hydrogen (secondary N) is 3. The van der Waals surface area contributed by atoms with Crippen molar-refractivity contribution in [1.82, 2.24) is 29.8 Å². The van der Waals surface area contributed by atoms with E-state index >= 15 is 0 Å². The molecular formula is C30H41N7O9S2. The molecule has 0 bridgehead atoms. The number of rotatable bonds is 15. The van der Waals surface area contributed by atoms with E-state index in [1.165, 1.54) is 4.90 Å². The molecule has 0 atom stereocenters. The van der Waals surface area contributed by atoms with Gasteiger partial charge in [0.25, 0.3) is 10.0 Å². The molecule has 18 heteroatoms. The van der Waals surface area contributed by atoms with E-state index in [1.807, 2.05) is 6.07 Å². The van der Waals surface area contributed by atoms with Crippen molar-refractivity contribution in [2.75, 3.05) is 51.0 Å². The van der Waals surface area contributed by atoms with Gasteiger partial charge in [0.05, 0.1) is 23.4 Å². The van der Waals surface area contributed by atoms with Crippen LogP contribution < -0.4 is 14.9 Å². The smallest absolute Gasteiger partial charge is 0.407 e. The van der Waals surface area contributed by atoms with Crippen molar-refractivity contribution in [1.29, 1.82) is 0 Å². The molecule has 48 heavy (non-hydrogen) atoms. The van der Waals surface area contributed by atoms with Crippen molar-refractivity contribution >= 4 is 61.4 Å². The lowest BCUT2D eigenvalue weighted by molar-refractivity contribution is -0.149. The van der Waals surface area contributed by atoms with Gasteiger partial charge in [-0.15, -0.1) is 11.3 Å². The molecule has 0 spiro atoms. The highest BCUT2D eigenvalue weighted by molar-refractivity contribution is 7.91. The molecule has 262 valence electrons. The number of fused-ring (bicyclic) bond motifs is 2. The Bertz CT molecular complexity index is 1700. The fourth-order valence-electron chi connectivity index (χ4n) is 4.88. The van der Waals surface area contributed by atoms with Gasteiger partial charge < -0.3 is 34.7 Å². The Hall–Kier alpha value is -4.26.